The van der Waals surface area contributed by atoms with Crippen LogP contribution in [0.5, 0.6) is 5.75 Å². The number of amides is 1. The zero-order valence-corrected chi connectivity index (χ0v) is 18.2. The van der Waals surface area contributed by atoms with Crippen LogP contribution >= 0.6 is 11.8 Å². The molecule has 1 fully saturated rings. The topological polar surface area (TPSA) is 94.4 Å². The number of methoxy groups -OCH3 is 1. The Kier molecular flexibility index (Phi) is 6.68. The quantitative estimate of drug-likeness (QED) is 0.561. The Labute approximate surface area is 184 Å². The maximum absolute atomic E-state index is 12.7. The van der Waals surface area contributed by atoms with Crippen LogP contribution in [0.4, 0.5) is 11.4 Å². The molecule has 0 unspecified atom stereocenters. The smallest absolute Gasteiger partial charge is 0.237 e. The monoisotopic (exact) mass is 440 g/mol. The highest BCUT2D eigenvalue weighted by atomic mass is 32.2. The molecule has 2 heterocycles. The molecular weight excluding hydrogens is 416 g/mol. The second-order valence-corrected chi connectivity index (χ2v) is 8.27. The summed E-state index contributed by atoms with van der Waals surface area (Å²) in [6.45, 7) is 5.06. The van der Waals surface area contributed by atoms with E-state index in [2.05, 4.69) is 25.7 Å². The van der Waals surface area contributed by atoms with Gasteiger partial charge in [0.25, 0.3) is 0 Å². The summed E-state index contributed by atoms with van der Waals surface area (Å²) in [6, 6.07) is 15.3. The molecule has 0 spiro atoms. The highest BCUT2D eigenvalue weighted by Gasteiger charge is 2.20. The van der Waals surface area contributed by atoms with E-state index in [1.807, 2.05) is 55.5 Å². The van der Waals surface area contributed by atoms with Crippen molar-refractivity contribution in [3.8, 4) is 11.4 Å². The molecule has 1 atom stereocenters. The first-order valence-corrected chi connectivity index (χ1v) is 10.8. The molecule has 4 rings (SSSR count). The van der Waals surface area contributed by atoms with Gasteiger partial charge < -0.3 is 19.7 Å². The first-order valence-electron chi connectivity index (χ1n) is 9.97. The van der Waals surface area contributed by atoms with Gasteiger partial charge in [0.1, 0.15) is 5.75 Å². The van der Waals surface area contributed by atoms with Crippen LogP contribution in [0.2, 0.25) is 0 Å². The molecule has 162 valence electrons. The lowest BCUT2D eigenvalue weighted by atomic mass is 10.2. The van der Waals surface area contributed by atoms with E-state index in [0.717, 1.165) is 49.1 Å². The molecule has 9 nitrogen and oxygen atoms in total. The van der Waals surface area contributed by atoms with Crippen LogP contribution < -0.4 is 15.0 Å². The molecule has 2 aromatic carbocycles. The van der Waals surface area contributed by atoms with E-state index < -0.39 is 0 Å². The molecule has 0 bridgehead atoms. The van der Waals surface area contributed by atoms with Crippen LogP contribution in [-0.4, -0.2) is 64.8 Å². The number of aromatic nitrogens is 4. The number of morpholine rings is 1. The van der Waals surface area contributed by atoms with Crippen molar-refractivity contribution >= 4 is 29.0 Å². The Morgan fingerprint density at radius 1 is 1.10 bits per heavy atom. The molecule has 1 amide bonds. The molecule has 31 heavy (non-hydrogen) atoms. The SMILES string of the molecule is COc1ccc(-n2nnnc2S[C@@H](C)C(=O)Nc2ccc(N3CCOCC3)cc2)cc1. The molecule has 1 aliphatic heterocycles. The minimum atomic E-state index is -0.387. The maximum atomic E-state index is 12.7. The van der Waals surface area contributed by atoms with Crippen LogP contribution in [0.25, 0.3) is 5.69 Å². The van der Waals surface area contributed by atoms with E-state index in [9.17, 15) is 4.79 Å². The first kappa shape index (κ1) is 21.1. The van der Waals surface area contributed by atoms with Crippen LogP contribution in [0.15, 0.2) is 53.7 Å². The van der Waals surface area contributed by atoms with E-state index in [4.69, 9.17) is 9.47 Å². The number of benzene rings is 2. The summed E-state index contributed by atoms with van der Waals surface area (Å²) in [5, 5.41) is 15.0. The number of hydrogen-bond donors (Lipinski definition) is 1. The number of nitrogens with zero attached hydrogens (tertiary/aromatic N) is 5. The van der Waals surface area contributed by atoms with Gasteiger partial charge in [-0.1, -0.05) is 11.8 Å². The Balaban J connectivity index is 1.37. The van der Waals surface area contributed by atoms with Crippen LogP contribution in [0.1, 0.15) is 6.92 Å². The van der Waals surface area contributed by atoms with Crippen LogP contribution in [0, 0.1) is 0 Å². The molecule has 1 N–H and O–H groups in total. The molecule has 1 aliphatic rings. The number of hydrogen-bond acceptors (Lipinski definition) is 8. The van der Waals surface area contributed by atoms with Gasteiger partial charge in [0, 0.05) is 24.5 Å². The molecule has 3 aromatic rings. The number of thioether (sulfide) groups is 1. The van der Waals surface area contributed by atoms with Gasteiger partial charge in [0.15, 0.2) is 0 Å². The highest BCUT2D eigenvalue weighted by molar-refractivity contribution is 8.00. The fourth-order valence-electron chi connectivity index (χ4n) is 3.17. The fourth-order valence-corrected chi connectivity index (χ4v) is 3.98. The second kappa shape index (κ2) is 9.80. The Morgan fingerprint density at radius 3 is 2.45 bits per heavy atom. The number of carbonyl (C=O) groups excluding carboxylic acids is 1. The van der Waals surface area contributed by atoms with Gasteiger partial charge in [-0.25, -0.2) is 0 Å². The number of anilines is 2. The van der Waals surface area contributed by atoms with E-state index in [1.165, 1.54) is 11.8 Å². The van der Waals surface area contributed by atoms with E-state index in [1.54, 1.807) is 11.8 Å². The zero-order chi connectivity index (χ0) is 21.6. The zero-order valence-electron chi connectivity index (χ0n) is 17.4. The highest BCUT2D eigenvalue weighted by Crippen LogP contribution is 2.25. The Morgan fingerprint density at radius 2 is 1.77 bits per heavy atom. The summed E-state index contributed by atoms with van der Waals surface area (Å²) >= 11 is 1.30. The molecule has 0 aliphatic carbocycles. The number of rotatable bonds is 7. The minimum Gasteiger partial charge on any atom is -0.497 e. The van der Waals surface area contributed by atoms with Crippen molar-refractivity contribution in [3.63, 3.8) is 0 Å². The van der Waals surface area contributed by atoms with Crippen molar-refractivity contribution in [2.75, 3.05) is 43.6 Å². The number of tetrazole rings is 1. The molecule has 0 saturated carbocycles. The largest absolute Gasteiger partial charge is 0.497 e. The molecule has 1 aromatic heterocycles. The third kappa shape index (κ3) is 5.15. The van der Waals surface area contributed by atoms with Gasteiger partial charge in [-0.05, 0) is 65.9 Å². The van der Waals surface area contributed by atoms with E-state index in [0.29, 0.717) is 5.16 Å². The minimum absolute atomic E-state index is 0.117. The Hall–Kier alpha value is -3.11. The van der Waals surface area contributed by atoms with Crippen molar-refractivity contribution in [2.24, 2.45) is 0 Å². The predicted octanol–water partition coefficient (Wildman–Crippen LogP) is 2.63. The number of ether oxygens (including phenoxy) is 2. The average Bonchev–Trinajstić information content (AvgIpc) is 3.28. The third-order valence-electron chi connectivity index (χ3n) is 4.92. The van der Waals surface area contributed by atoms with Crippen molar-refractivity contribution in [2.45, 2.75) is 17.3 Å². The standard InChI is InChI=1S/C21H24N6O3S/c1-15(31-21-23-24-25-27(21)18-7-9-19(29-2)10-8-18)20(28)22-16-3-5-17(6-4-16)26-11-13-30-14-12-26/h3-10,15H,11-14H2,1-2H3,(H,22,28)/t15-/m0/s1. The van der Waals surface area contributed by atoms with Gasteiger partial charge in [0.2, 0.25) is 11.1 Å². The summed E-state index contributed by atoms with van der Waals surface area (Å²) in [6.07, 6.45) is 0. The summed E-state index contributed by atoms with van der Waals surface area (Å²) in [5.41, 5.74) is 2.67. The average molecular weight is 441 g/mol. The summed E-state index contributed by atoms with van der Waals surface area (Å²) in [7, 11) is 1.61. The third-order valence-corrected chi connectivity index (χ3v) is 5.95. The first-order chi connectivity index (χ1) is 15.1. The normalized spacial score (nSPS) is 14.8. The molecule has 1 saturated heterocycles. The van der Waals surface area contributed by atoms with Crippen LogP contribution in [0.3, 0.4) is 0 Å². The Bertz CT molecular complexity index is 1000. The number of carbonyl (C=O) groups is 1. The molecule has 0 radical (unpaired) electrons. The maximum Gasteiger partial charge on any atom is 0.237 e. The van der Waals surface area contributed by atoms with Gasteiger partial charge in [-0.15, -0.1) is 5.10 Å². The second-order valence-electron chi connectivity index (χ2n) is 6.97. The predicted molar refractivity (Wildman–Crippen MR) is 119 cm³/mol. The molecule has 10 heteroatoms. The van der Waals surface area contributed by atoms with Crippen LogP contribution in [-0.2, 0) is 9.53 Å². The summed E-state index contributed by atoms with van der Waals surface area (Å²) in [4.78, 5) is 15.0. The lowest BCUT2D eigenvalue weighted by Gasteiger charge is -2.28. The summed E-state index contributed by atoms with van der Waals surface area (Å²) < 4.78 is 12.2. The number of nitrogens with one attached hydrogen (secondary N) is 1. The van der Waals surface area contributed by atoms with Crippen molar-refractivity contribution < 1.29 is 14.3 Å². The fraction of sp³-hybridized carbons (Fsp3) is 0.333. The van der Waals surface area contributed by atoms with Gasteiger partial charge in [-0.2, -0.15) is 4.68 Å². The van der Waals surface area contributed by atoms with Crippen molar-refractivity contribution in [3.05, 3.63) is 48.5 Å². The summed E-state index contributed by atoms with van der Waals surface area (Å²) in [5.74, 6) is 0.631. The van der Waals surface area contributed by atoms with E-state index in [-0.39, 0.29) is 11.2 Å². The van der Waals surface area contributed by atoms with E-state index >= 15 is 0 Å². The van der Waals surface area contributed by atoms with Gasteiger partial charge >= 0.3 is 0 Å². The van der Waals surface area contributed by atoms with Gasteiger partial charge in [0.05, 0.1) is 31.3 Å². The lowest BCUT2D eigenvalue weighted by molar-refractivity contribution is -0.115. The van der Waals surface area contributed by atoms with Gasteiger partial charge in [-0.3, -0.25) is 4.79 Å². The lowest BCUT2D eigenvalue weighted by Crippen LogP contribution is -2.36. The van der Waals surface area contributed by atoms with Crippen molar-refractivity contribution in [1.82, 2.24) is 20.2 Å². The molecular formula is C21H24N6O3S. The van der Waals surface area contributed by atoms with Crippen molar-refractivity contribution in [1.29, 1.82) is 0 Å².